The predicted molar refractivity (Wildman–Crippen MR) is 50.2 cm³/mol. The summed E-state index contributed by atoms with van der Waals surface area (Å²) in [7, 11) is 3.83. The molecule has 12 heavy (non-hydrogen) atoms. The Morgan fingerprint density at radius 2 is 2.00 bits per heavy atom. The summed E-state index contributed by atoms with van der Waals surface area (Å²) in [4.78, 5) is 14.2. The van der Waals surface area contributed by atoms with Gasteiger partial charge >= 0.3 is 0 Å². The Labute approximate surface area is 72.0 Å². The number of aromatic nitrogens is 2. The highest BCUT2D eigenvalue weighted by molar-refractivity contribution is 5.65. The fourth-order valence-corrected chi connectivity index (χ4v) is 0.852. The van der Waals surface area contributed by atoms with Crippen LogP contribution >= 0.6 is 0 Å². The first-order valence-electron chi connectivity index (χ1n) is 3.72. The Morgan fingerprint density at radius 3 is 2.58 bits per heavy atom. The Bertz CT molecular complexity index is 280. The lowest BCUT2D eigenvalue weighted by molar-refractivity contribution is 1.04. The summed E-state index contributed by atoms with van der Waals surface area (Å²) < 4.78 is 0. The molecule has 64 valence electrons. The summed E-state index contributed by atoms with van der Waals surface area (Å²) in [5.41, 5.74) is 0. The zero-order valence-corrected chi connectivity index (χ0v) is 7.52. The van der Waals surface area contributed by atoms with Gasteiger partial charge in [-0.25, -0.2) is 15.0 Å². The van der Waals surface area contributed by atoms with Crippen LogP contribution in [0.15, 0.2) is 17.4 Å². The lowest BCUT2D eigenvalue weighted by atomic mass is 10.5. The molecular weight excluding hydrogens is 152 g/mol. The van der Waals surface area contributed by atoms with Crippen LogP contribution in [0.4, 0.5) is 11.6 Å². The molecule has 4 heteroatoms. The third-order valence-corrected chi connectivity index (χ3v) is 1.34. The molecule has 1 aromatic rings. The Kier molecular flexibility index (Phi) is 2.74. The van der Waals surface area contributed by atoms with Crippen LogP contribution in [0.25, 0.3) is 0 Å². The first kappa shape index (κ1) is 8.64. The van der Waals surface area contributed by atoms with Gasteiger partial charge in [-0.3, -0.25) is 0 Å². The second kappa shape index (κ2) is 3.80. The number of anilines is 1. The van der Waals surface area contributed by atoms with Gasteiger partial charge in [0.15, 0.2) is 11.6 Å². The van der Waals surface area contributed by atoms with Gasteiger partial charge in [-0.05, 0) is 6.92 Å². The van der Waals surface area contributed by atoms with Crippen molar-refractivity contribution in [3.8, 4) is 0 Å². The molecule has 0 unspecified atom stereocenters. The molecule has 0 aliphatic heterocycles. The van der Waals surface area contributed by atoms with E-state index in [1.54, 1.807) is 18.6 Å². The monoisotopic (exact) mass is 164 g/mol. The van der Waals surface area contributed by atoms with Crippen LogP contribution < -0.4 is 4.90 Å². The highest BCUT2D eigenvalue weighted by Gasteiger charge is 2.03. The third-order valence-electron chi connectivity index (χ3n) is 1.34. The molecule has 0 atom stereocenters. The second-order valence-corrected chi connectivity index (χ2v) is 2.49. The van der Waals surface area contributed by atoms with Gasteiger partial charge in [0.2, 0.25) is 0 Å². The topological polar surface area (TPSA) is 41.4 Å². The molecule has 1 aromatic heterocycles. The van der Waals surface area contributed by atoms with Gasteiger partial charge in [0.05, 0.1) is 0 Å². The molecule has 0 saturated carbocycles. The van der Waals surface area contributed by atoms with Crippen molar-refractivity contribution in [1.82, 2.24) is 9.97 Å². The largest absolute Gasteiger partial charge is 0.360 e. The third kappa shape index (κ3) is 1.78. The summed E-state index contributed by atoms with van der Waals surface area (Å²) in [6, 6.07) is 0. The molecule has 1 heterocycles. The Balaban J connectivity index is 3.08. The molecule has 0 saturated heterocycles. The van der Waals surface area contributed by atoms with Crippen LogP contribution in [0, 0.1) is 0 Å². The smallest absolute Gasteiger partial charge is 0.195 e. The fraction of sp³-hybridized carbons (Fsp3) is 0.375. The maximum atomic E-state index is 4.15. The molecule has 0 radical (unpaired) electrons. The molecule has 0 spiro atoms. The van der Waals surface area contributed by atoms with Crippen LogP contribution in [-0.2, 0) is 0 Å². The van der Waals surface area contributed by atoms with Crippen LogP contribution in [0.3, 0.4) is 0 Å². The number of hydrogen-bond acceptors (Lipinski definition) is 4. The van der Waals surface area contributed by atoms with Crippen molar-refractivity contribution >= 4 is 17.9 Å². The maximum absolute atomic E-state index is 4.15. The van der Waals surface area contributed by atoms with Crippen molar-refractivity contribution in [2.45, 2.75) is 6.92 Å². The van der Waals surface area contributed by atoms with Crippen molar-refractivity contribution in [2.75, 3.05) is 19.0 Å². The molecule has 1 rings (SSSR count). The van der Waals surface area contributed by atoms with Gasteiger partial charge in [0, 0.05) is 32.7 Å². The molecule has 0 bridgehead atoms. The first-order chi connectivity index (χ1) is 5.75. The van der Waals surface area contributed by atoms with E-state index >= 15 is 0 Å². The van der Waals surface area contributed by atoms with E-state index in [0.717, 1.165) is 5.82 Å². The quantitative estimate of drug-likeness (QED) is 0.618. The lowest BCUT2D eigenvalue weighted by Crippen LogP contribution is -2.11. The van der Waals surface area contributed by atoms with E-state index in [4.69, 9.17) is 0 Å². The molecule has 0 aliphatic carbocycles. The number of aliphatic imine (C=N–C) groups is 1. The summed E-state index contributed by atoms with van der Waals surface area (Å²) in [5, 5.41) is 0. The van der Waals surface area contributed by atoms with Gasteiger partial charge in [-0.2, -0.15) is 0 Å². The fourth-order valence-electron chi connectivity index (χ4n) is 0.852. The van der Waals surface area contributed by atoms with E-state index in [2.05, 4.69) is 15.0 Å². The highest BCUT2D eigenvalue weighted by Crippen LogP contribution is 2.19. The van der Waals surface area contributed by atoms with Crippen molar-refractivity contribution in [2.24, 2.45) is 4.99 Å². The summed E-state index contributed by atoms with van der Waals surface area (Å²) in [5.74, 6) is 1.45. The maximum Gasteiger partial charge on any atom is 0.195 e. The minimum atomic E-state index is 0.657. The van der Waals surface area contributed by atoms with E-state index in [9.17, 15) is 0 Å². The van der Waals surface area contributed by atoms with E-state index in [1.807, 2.05) is 25.9 Å². The predicted octanol–water partition coefficient (Wildman–Crippen LogP) is 1.26. The van der Waals surface area contributed by atoms with Gasteiger partial charge in [-0.1, -0.05) is 0 Å². The van der Waals surface area contributed by atoms with Crippen LogP contribution in [0.5, 0.6) is 0 Å². The molecular formula is C8H12N4. The average molecular weight is 164 g/mol. The minimum Gasteiger partial charge on any atom is -0.360 e. The first-order valence-corrected chi connectivity index (χ1v) is 3.72. The van der Waals surface area contributed by atoms with Gasteiger partial charge in [0.1, 0.15) is 0 Å². The van der Waals surface area contributed by atoms with Gasteiger partial charge < -0.3 is 4.90 Å². The Hall–Kier alpha value is -1.45. The Morgan fingerprint density at radius 1 is 1.33 bits per heavy atom. The standard InChI is InChI=1S/C8H12N4/c1-4-9-7-8(12(2)3)11-6-5-10-7/h4-6H,1-3H3/b9-4-. The van der Waals surface area contributed by atoms with Crippen molar-refractivity contribution in [3.05, 3.63) is 12.4 Å². The molecule has 0 aliphatic rings. The highest BCUT2D eigenvalue weighted by atomic mass is 15.2. The van der Waals surface area contributed by atoms with E-state index in [1.165, 1.54) is 0 Å². The molecule has 0 fully saturated rings. The summed E-state index contributed by atoms with van der Waals surface area (Å²) >= 11 is 0. The normalized spacial score (nSPS) is 10.6. The summed E-state index contributed by atoms with van der Waals surface area (Å²) in [6.45, 7) is 1.86. The zero-order valence-electron chi connectivity index (χ0n) is 7.52. The van der Waals surface area contributed by atoms with Crippen molar-refractivity contribution < 1.29 is 0 Å². The van der Waals surface area contributed by atoms with E-state index < -0.39 is 0 Å². The van der Waals surface area contributed by atoms with E-state index in [-0.39, 0.29) is 0 Å². The zero-order chi connectivity index (χ0) is 8.97. The molecule has 0 N–H and O–H groups in total. The summed E-state index contributed by atoms with van der Waals surface area (Å²) in [6.07, 6.45) is 5.00. The van der Waals surface area contributed by atoms with Crippen molar-refractivity contribution in [3.63, 3.8) is 0 Å². The number of rotatable bonds is 2. The minimum absolute atomic E-state index is 0.657. The average Bonchev–Trinajstić information content (AvgIpc) is 2.05. The van der Waals surface area contributed by atoms with Crippen LogP contribution in [-0.4, -0.2) is 30.3 Å². The molecule has 0 aromatic carbocycles. The number of nitrogens with zero attached hydrogens (tertiary/aromatic N) is 4. The number of hydrogen-bond donors (Lipinski definition) is 0. The molecule has 4 nitrogen and oxygen atoms in total. The van der Waals surface area contributed by atoms with E-state index in [0.29, 0.717) is 5.82 Å². The molecule has 0 amide bonds. The second-order valence-electron chi connectivity index (χ2n) is 2.49. The van der Waals surface area contributed by atoms with Crippen LogP contribution in [0.1, 0.15) is 6.92 Å². The van der Waals surface area contributed by atoms with Gasteiger partial charge in [0.25, 0.3) is 0 Å². The lowest BCUT2D eigenvalue weighted by Gasteiger charge is -2.11. The SMILES string of the molecule is C/C=N\c1nccnc1N(C)C. The van der Waals surface area contributed by atoms with Crippen LogP contribution in [0.2, 0.25) is 0 Å². The van der Waals surface area contributed by atoms with Gasteiger partial charge in [-0.15, -0.1) is 0 Å². The van der Waals surface area contributed by atoms with Crippen molar-refractivity contribution in [1.29, 1.82) is 0 Å².